The largest absolute Gasteiger partial charge is 0.396 e. The number of hydrogen-bond donors (Lipinski definition) is 3. The summed E-state index contributed by atoms with van der Waals surface area (Å²) in [5.74, 6) is -1.11. The average Bonchev–Trinajstić information content (AvgIpc) is 2.48. The van der Waals surface area contributed by atoms with Gasteiger partial charge in [-0.3, -0.25) is 4.79 Å². The molecule has 2 aromatic rings. The van der Waals surface area contributed by atoms with Crippen molar-refractivity contribution in [2.75, 3.05) is 12.3 Å². The van der Waals surface area contributed by atoms with Crippen LogP contribution in [0.25, 0.3) is 0 Å². The first-order chi connectivity index (χ1) is 9.61. The number of rotatable bonds is 4. The second kappa shape index (κ2) is 6.16. The van der Waals surface area contributed by atoms with Gasteiger partial charge in [-0.1, -0.05) is 30.3 Å². The SMILES string of the molecule is Nc1ccc(C(=O)N[C@@H](CO)c2ccccc2)cc1F. The van der Waals surface area contributed by atoms with E-state index in [9.17, 15) is 14.3 Å². The van der Waals surface area contributed by atoms with Gasteiger partial charge < -0.3 is 16.2 Å². The summed E-state index contributed by atoms with van der Waals surface area (Å²) < 4.78 is 13.3. The van der Waals surface area contributed by atoms with Gasteiger partial charge in [-0.25, -0.2) is 4.39 Å². The Morgan fingerprint density at radius 1 is 1.25 bits per heavy atom. The number of nitrogen functional groups attached to an aromatic ring is 1. The lowest BCUT2D eigenvalue weighted by Crippen LogP contribution is -2.30. The highest BCUT2D eigenvalue weighted by Gasteiger charge is 2.15. The molecule has 20 heavy (non-hydrogen) atoms. The van der Waals surface area contributed by atoms with Crippen LogP contribution in [0.15, 0.2) is 48.5 Å². The summed E-state index contributed by atoms with van der Waals surface area (Å²) in [5, 5.41) is 12.0. The summed E-state index contributed by atoms with van der Waals surface area (Å²) in [6.45, 7) is -0.243. The molecule has 0 heterocycles. The fourth-order valence-electron chi connectivity index (χ4n) is 1.83. The number of halogens is 1. The van der Waals surface area contributed by atoms with Crippen LogP contribution in [0.4, 0.5) is 10.1 Å². The summed E-state index contributed by atoms with van der Waals surface area (Å²) in [6, 6.07) is 12.4. The number of nitrogens with one attached hydrogen (secondary N) is 1. The van der Waals surface area contributed by atoms with E-state index >= 15 is 0 Å². The molecule has 104 valence electrons. The van der Waals surface area contributed by atoms with Gasteiger partial charge in [0.15, 0.2) is 0 Å². The first-order valence-electron chi connectivity index (χ1n) is 6.13. The van der Waals surface area contributed by atoms with E-state index < -0.39 is 17.8 Å². The van der Waals surface area contributed by atoms with E-state index in [1.807, 2.05) is 18.2 Å². The maximum absolute atomic E-state index is 13.3. The van der Waals surface area contributed by atoms with Gasteiger partial charge in [0.25, 0.3) is 5.91 Å². The van der Waals surface area contributed by atoms with Crippen molar-refractivity contribution >= 4 is 11.6 Å². The van der Waals surface area contributed by atoms with Crippen LogP contribution in [0.1, 0.15) is 22.0 Å². The molecule has 1 amide bonds. The molecule has 0 aliphatic carbocycles. The number of hydrogen-bond acceptors (Lipinski definition) is 3. The van der Waals surface area contributed by atoms with Crippen molar-refractivity contribution in [3.8, 4) is 0 Å². The Bertz CT molecular complexity index is 602. The molecule has 0 spiro atoms. The third-order valence-corrected chi connectivity index (χ3v) is 2.95. The Hall–Kier alpha value is -2.40. The van der Waals surface area contributed by atoms with Crippen LogP contribution in [0.5, 0.6) is 0 Å². The molecule has 0 aliphatic rings. The Morgan fingerprint density at radius 3 is 2.55 bits per heavy atom. The summed E-state index contributed by atoms with van der Waals surface area (Å²) in [7, 11) is 0. The molecule has 0 aliphatic heterocycles. The Kier molecular flexibility index (Phi) is 4.32. The van der Waals surface area contributed by atoms with Gasteiger partial charge in [-0.15, -0.1) is 0 Å². The molecule has 0 saturated heterocycles. The molecule has 4 N–H and O–H groups in total. The molecular weight excluding hydrogens is 259 g/mol. The van der Waals surface area contributed by atoms with Crippen molar-refractivity contribution < 1.29 is 14.3 Å². The predicted octanol–water partition coefficient (Wildman–Crippen LogP) is 1.87. The van der Waals surface area contributed by atoms with Crippen LogP contribution in [0.3, 0.4) is 0 Å². The van der Waals surface area contributed by atoms with Crippen LogP contribution in [0, 0.1) is 5.82 Å². The quantitative estimate of drug-likeness (QED) is 0.745. The van der Waals surface area contributed by atoms with Gasteiger partial charge in [0.1, 0.15) is 5.82 Å². The summed E-state index contributed by atoms with van der Waals surface area (Å²) in [4.78, 5) is 12.0. The van der Waals surface area contributed by atoms with Crippen molar-refractivity contribution in [1.29, 1.82) is 0 Å². The summed E-state index contributed by atoms with van der Waals surface area (Å²) in [6.07, 6.45) is 0. The zero-order chi connectivity index (χ0) is 14.5. The van der Waals surface area contributed by atoms with Crippen LogP contribution < -0.4 is 11.1 Å². The zero-order valence-corrected chi connectivity index (χ0v) is 10.7. The first-order valence-corrected chi connectivity index (χ1v) is 6.13. The number of benzene rings is 2. The van der Waals surface area contributed by atoms with Crippen molar-refractivity contribution in [2.45, 2.75) is 6.04 Å². The van der Waals surface area contributed by atoms with Crippen LogP contribution in [0.2, 0.25) is 0 Å². The van der Waals surface area contributed by atoms with E-state index in [2.05, 4.69) is 5.32 Å². The number of carbonyl (C=O) groups is 1. The van der Waals surface area contributed by atoms with Gasteiger partial charge in [-0.2, -0.15) is 0 Å². The van der Waals surface area contributed by atoms with E-state index in [1.54, 1.807) is 12.1 Å². The van der Waals surface area contributed by atoms with Crippen LogP contribution in [-0.4, -0.2) is 17.6 Å². The molecule has 0 bridgehead atoms. The van der Waals surface area contributed by atoms with Gasteiger partial charge in [0.05, 0.1) is 18.3 Å². The molecule has 1 atom stereocenters. The minimum absolute atomic E-state index is 0.0108. The molecule has 2 aromatic carbocycles. The lowest BCUT2D eigenvalue weighted by molar-refractivity contribution is 0.0916. The number of anilines is 1. The minimum atomic E-state index is -0.641. The first kappa shape index (κ1) is 14.0. The molecule has 5 heteroatoms. The summed E-state index contributed by atoms with van der Waals surface area (Å²) in [5.41, 5.74) is 6.29. The third-order valence-electron chi connectivity index (χ3n) is 2.95. The minimum Gasteiger partial charge on any atom is -0.396 e. The highest BCUT2D eigenvalue weighted by molar-refractivity contribution is 5.94. The number of carbonyl (C=O) groups excluding carboxylic acids is 1. The highest BCUT2D eigenvalue weighted by Crippen LogP contribution is 2.15. The van der Waals surface area contributed by atoms with E-state index in [1.165, 1.54) is 12.1 Å². The Labute approximate surface area is 116 Å². The lowest BCUT2D eigenvalue weighted by Gasteiger charge is -2.16. The maximum atomic E-state index is 13.3. The molecule has 0 saturated carbocycles. The van der Waals surface area contributed by atoms with Gasteiger partial charge in [0, 0.05) is 5.56 Å². The van der Waals surface area contributed by atoms with E-state index in [-0.39, 0.29) is 17.9 Å². The topological polar surface area (TPSA) is 75.4 Å². The van der Waals surface area contributed by atoms with E-state index in [4.69, 9.17) is 5.73 Å². The second-order valence-electron chi connectivity index (χ2n) is 4.36. The van der Waals surface area contributed by atoms with Crippen molar-refractivity contribution in [3.63, 3.8) is 0 Å². The number of aliphatic hydroxyl groups excluding tert-OH is 1. The van der Waals surface area contributed by atoms with Crippen LogP contribution >= 0.6 is 0 Å². The normalized spacial score (nSPS) is 11.9. The molecule has 2 rings (SSSR count). The zero-order valence-electron chi connectivity index (χ0n) is 10.7. The fourth-order valence-corrected chi connectivity index (χ4v) is 1.83. The van der Waals surface area contributed by atoms with Crippen molar-refractivity contribution in [3.05, 3.63) is 65.5 Å². The highest BCUT2D eigenvalue weighted by atomic mass is 19.1. The monoisotopic (exact) mass is 274 g/mol. The average molecular weight is 274 g/mol. The number of amides is 1. The van der Waals surface area contributed by atoms with E-state index in [0.717, 1.165) is 11.6 Å². The molecule has 0 fully saturated rings. The molecule has 0 unspecified atom stereocenters. The molecule has 4 nitrogen and oxygen atoms in total. The van der Waals surface area contributed by atoms with Gasteiger partial charge >= 0.3 is 0 Å². The maximum Gasteiger partial charge on any atom is 0.251 e. The number of aliphatic hydroxyl groups is 1. The molecule has 0 aromatic heterocycles. The summed E-state index contributed by atoms with van der Waals surface area (Å²) >= 11 is 0. The van der Waals surface area contributed by atoms with Gasteiger partial charge in [-0.05, 0) is 23.8 Å². The van der Waals surface area contributed by atoms with Crippen molar-refractivity contribution in [1.82, 2.24) is 5.32 Å². The van der Waals surface area contributed by atoms with Crippen molar-refractivity contribution in [2.24, 2.45) is 0 Å². The lowest BCUT2D eigenvalue weighted by atomic mass is 10.1. The predicted molar refractivity (Wildman–Crippen MR) is 74.5 cm³/mol. The standard InChI is InChI=1S/C15H15FN2O2/c16-12-8-11(6-7-13(12)17)15(20)18-14(9-19)10-4-2-1-3-5-10/h1-8,14,19H,9,17H2,(H,18,20)/t14-/m0/s1. The smallest absolute Gasteiger partial charge is 0.251 e. The van der Waals surface area contributed by atoms with E-state index in [0.29, 0.717) is 0 Å². The van der Waals surface area contributed by atoms with Crippen LogP contribution in [-0.2, 0) is 0 Å². The number of nitrogens with two attached hydrogens (primary N) is 1. The molecule has 0 radical (unpaired) electrons. The Morgan fingerprint density at radius 2 is 1.95 bits per heavy atom. The fraction of sp³-hybridized carbons (Fsp3) is 0.133. The van der Waals surface area contributed by atoms with Gasteiger partial charge in [0.2, 0.25) is 0 Å². The third kappa shape index (κ3) is 3.13. The molecular formula is C15H15FN2O2. The second-order valence-corrected chi connectivity index (χ2v) is 4.36. The Balaban J connectivity index is 2.15.